The van der Waals surface area contributed by atoms with Gasteiger partial charge in [-0.25, -0.2) is 0 Å². The third-order valence-electron chi connectivity index (χ3n) is 4.55. The van der Waals surface area contributed by atoms with E-state index in [0.29, 0.717) is 59.5 Å². The first-order valence-electron chi connectivity index (χ1n) is 12.2. The molecule has 0 aromatic carbocycles. The summed E-state index contributed by atoms with van der Waals surface area (Å²) in [5, 5.41) is 0. The Hall–Kier alpha value is -0.446. The first-order valence-corrected chi connectivity index (χ1v) is 15.5. The molecular formula is C23H48O9Si2. The summed E-state index contributed by atoms with van der Waals surface area (Å²) in [6, 6.07) is 0.917. The molecule has 0 aliphatic heterocycles. The van der Waals surface area contributed by atoms with Gasteiger partial charge in [0.05, 0.1) is 39.6 Å². The largest absolute Gasteiger partial charge is 0.500 e. The second-order valence-corrected chi connectivity index (χ2v) is 11.5. The van der Waals surface area contributed by atoms with Gasteiger partial charge < -0.3 is 40.8 Å². The molecule has 0 unspecified atom stereocenters. The van der Waals surface area contributed by atoms with Crippen LogP contribution in [0, 0.1) is 0 Å². The predicted octanol–water partition coefficient (Wildman–Crippen LogP) is 3.39. The number of rotatable bonds is 22. The zero-order chi connectivity index (χ0) is 25.3. The number of ether oxygens (including phenoxy) is 3. The summed E-state index contributed by atoms with van der Waals surface area (Å²) in [5.41, 5.74) is 1.50. The minimum atomic E-state index is -2.42. The van der Waals surface area contributed by atoms with Crippen LogP contribution in [0.25, 0.3) is 0 Å². The van der Waals surface area contributed by atoms with Crippen molar-refractivity contribution in [2.75, 3.05) is 80.8 Å². The molecule has 34 heavy (non-hydrogen) atoms. The van der Waals surface area contributed by atoms with Crippen molar-refractivity contribution in [1.29, 1.82) is 0 Å². The van der Waals surface area contributed by atoms with Crippen LogP contribution in [0.5, 0.6) is 0 Å². The topological polar surface area (TPSA) is 83.1 Å². The van der Waals surface area contributed by atoms with E-state index in [-0.39, 0.29) is 0 Å². The molecular weight excluding hydrogens is 476 g/mol. The molecule has 9 nitrogen and oxygen atoms in total. The second-order valence-electron chi connectivity index (χ2n) is 7.17. The van der Waals surface area contributed by atoms with Crippen LogP contribution >= 0.6 is 0 Å². The SMILES string of the molecule is CCO[Si](CCCC1=CC=CC1)(OCC)OCC.COCCO[SiH](OCCOC)OCCOC. The van der Waals surface area contributed by atoms with E-state index in [1.54, 1.807) is 21.3 Å². The first kappa shape index (κ1) is 33.6. The Kier molecular flexibility index (Phi) is 23.9. The van der Waals surface area contributed by atoms with E-state index in [4.69, 9.17) is 40.8 Å². The molecule has 1 rings (SSSR count). The third-order valence-corrected chi connectivity index (χ3v) is 9.22. The van der Waals surface area contributed by atoms with Crippen LogP contribution in [0.4, 0.5) is 0 Å². The zero-order valence-electron chi connectivity index (χ0n) is 22.2. The van der Waals surface area contributed by atoms with Gasteiger partial charge in [0.15, 0.2) is 0 Å². The molecule has 0 atom stereocenters. The molecule has 0 N–H and O–H groups in total. The fraction of sp³-hybridized carbons (Fsp3) is 0.826. The smallest absolute Gasteiger partial charge is 0.382 e. The normalized spacial score (nSPS) is 13.3. The summed E-state index contributed by atoms with van der Waals surface area (Å²) >= 11 is 0. The van der Waals surface area contributed by atoms with E-state index >= 15 is 0 Å². The molecule has 0 spiro atoms. The Morgan fingerprint density at radius 1 is 0.735 bits per heavy atom. The Labute approximate surface area is 210 Å². The highest BCUT2D eigenvalue weighted by atomic mass is 28.4. The standard InChI is InChI=1S/C14H26O3Si.C9H22O6Si/c1-4-15-18(16-5-2,17-6-3)13-9-12-14-10-7-8-11-14;1-10-4-7-13-16(14-8-5-11-2)15-9-6-12-3/h7-8,10H,4-6,9,11-13H2,1-3H3;16H,4-9H2,1-3H3. The highest BCUT2D eigenvalue weighted by molar-refractivity contribution is 6.60. The van der Waals surface area contributed by atoms with Gasteiger partial charge in [0.25, 0.3) is 0 Å². The van der Waals surface area contributed by atoms with Crippen LogP contribution in [0.15, 0.2) is 23.8 Å². The van der Waals surface area contributed by atoms with Crippen molar-refractivity contribution in [3.05, 3.63) is 23.8 Å². The summed E-state index contributed by atoms with van der Waals surface area (Å²) in [5.74, 6) is 0. The average Bonchev–Trinajstić information content (AvgIpc) is 3.34. The summed E-state index contributed by atoms with van der Waals surface area (Å²) in [7, 11) is 0.384. The van der Waals surface area contributed by atoms with Crippen LogP contribution in [0.1, 0.15) is 40.0 Å². The number of hydrogen-bond donors (Lipinski definition) is 0. The summed E-state index contributed by atoms with van der Waals surface area (Å²) < 4.78 is 48.4. The van der Waals surface area contributed by atoms with Gasteiger partial charge in [0.1, 0.15) is 0 Å². The lowest BCUT2D eigenvalue weighted by Crippen LogP contribution is -2.45. The van der Waals surface area contributed by atoms with Gasteiger partial charge in [-0.15, -0.1) is 0 Å². The van der Waals surface area contributed by atoms with Crippen LogP contribution in [0.3, 0.4) is 0 Å². The lowest BCUT2D eigenvalue weighted by molar-refractivity contribution is 0.0381. The highest BCUT2D eigenvalue weighted by Crippen LogP contribution is 2.23. The van der Waals surface area contributed by atoms with Gasteiger partial charge in [-0.3, -0.25) is 0 Å². The lowest BCUT2D eigenvalue weighted by atomic mass is 10.1. The summed E-state index contributed by atoms with van der Waals surface area (Å²) in [6.45, 7) is 11.0. The van der Waals surface area contributed by atoms with Gasteiger partial charge in [-0.2, -0.15) is 0 Å². The predicted molar refractivity (Wildman–Crippen MR) is 137 cm³/mol. The van der Waals surface area contributed by atoms with Crippen LogP contribution in [-0.2, 0) is 40.8 Å². The Bertz CT molecular complexity index is 466. The maximum Gasteiger partial charge on any atom is 0.500 e. The minimum Gasteiger partial charge on any atom is -0.382 e. The molecule has 0 saturated carbocycles. The van der Waals surface area contributed by atoms with Gasteiger partial charge in [-0.1, -0.05) is 23.8 Å². The molecule has 0 aromatic rings. The number of allylic oxidation sites excluding steroid dienone is 4. The second kappa shape index (κ2) is 24.3. The average molecular weight is 525 g/mol. The monoisotopic (exact) mass is 524 g/mol. The van der Waals surface area contributed by atoms with Crippen molar-refractivity contribution in [3.8, 4) is 0 Å². The summed E-state index contributed by atoms with van der Waals surface area (Å²) in [6.07, 6.45) is 9.85. The quantitative estimate of drug-likeness (QED) is 0.156. The van der Waals surface area contributed by atoms with Crippen molar-refractivity contribution in [1.82, 2.24) is 0 Å². The van der Waals surface area contributed by atoms with Crippen molar-refractivity contribution in [3.63, 3.8) is 0 Å². The highest BCUT2D eigenvalue weighted by Gasteiger charge is 2.39. The van der Waals surface area contributed by atoms with Crippen molar-refractivity contribution >= 4 is 18.3 Å². The fourth-order valence-electron chi connectivity index (χ4n) is 3.04. The van der Waals surface area contributed by atoms with Crippen molar-refractivity contribution in [2.45, 2.75) is 46.1 Å². The Morgan fingerprint density at radius 2 is 1.21 bits per heavy atom. The van der Waals surface area contributed by atoms with E-state index < -0.39 is 18.3 Å². The van der Waals surface area contributed by atoms with Crippen LogP contribution < -0.4 is 0 Å². The van der Waals surface area contributed by atoms with Crippen LogP contribution in [-0.4, -0.2) is 99.1 Å². The maximum absolute atomic E-state index is 5.83. The Balaban J connectivity index is 0.000000646. The molecule has 11 heteroatoms. The fourth-order valence-corrected chi connectivity index (χ4v) is 6.80. The summed E-state index contributed by atoms with van der Waals surface area (Å²) in [4.78, 5) is 0. The molecule has 0 radical (unpaired) electrons. The lowest BCUT2D eigenvalue weighted by Gasteiger charge is -2.28. The van der Waals surface area contributed by atoms with E-state index in [1.807, 2.05) is 20.8 Å². The maximum atomic E-state index is 5.83. The van der Waals surface area contributed by atoms with E-state index in [0.717, 1.165) is 25.3 Å². The molecule has 0 fully saturated rings. The molecule has 0 saturated heterocycles. The van der Waals surface area contributed by atoms with Crippen molar-refractivity contribution in [2.24, 2.45) is 0 Å². The molecule has 0 bridgehead atoms. The van der Waals surface area contributed by atoms with Gasteiger partial charge in [-0.05, 0) is 40.0 Å². The zero-order valence-corrected chi connectivity index (χ0v) is 24.3. The first-order chi connectivity index (χ1) is 16.6. The molecule has 1 aliphatic carbocycles. The van der Waals surface area contributed by atoms with Gasteiger partial charge in [0.2, 0.25) is 0 Å². The van der Waals surface area contributed by atoms with E-state index in [9.17, 15) is 0 Å². The number of methoxy groups -OCH3 is 3. The van der Waals surface area contributed by atoms with Gasteiger partial charge >= 0.3 is 18.3 Å². The molecule has 202 valence electrons. The van der Waals surface area contributed by atoms with Crippen molar-refractivity contribution < 1.29 is 40.8 Å². The van der Waals surface area contributed by atoms with Crippen LogP contribution in [0.2, 0.25) is 6.04 Å². The minimum absolute atomic E-state index is 0.480. The Morgan fingerprint density at radius 3 is 1.56 bits per heavy atom. The van der Waals surface area contributed by atoms with E-state index in [2.05, 4.69) is 18.2 Å². The molecule has 0 heterocycles. The van der Waals surface area contributed by atoms with Gasteiger partial charge in [0, 0.05) is 47.2 Å². The molecule has 0 amide bonds. The number of hydrogen-bond acceptors (Lipinski definition) is 9. The third kappa shape index (κ3) is 17.9. The molecule has 1 aliphatic rings. The van der Waals surface area contributed by atoms with E-state index in [1.165, 1.54) is 5.57 Å². The molecule has 0 aromatic heterocycles.